The number of carbonyl (C=O) groups excluding carboxylic acids is 1. The van der Waals surface area contributed by atoms with E-state index in [0.29, 0.717) is 13.1 Å². The Hall–Kier alpha value is -1.62. The van der Waals surface area contributed by atoms with E-state index in [4.69, 9.17) is 10.5 Å². The lowest BCUT2D eigenvalue weighted by Gasteiger charge is -2.36. The fourth-order valence-electron chi connectivity index (χ4n) is 2.71. The molecule has 1 aromatic carbocycles. The van der Waals surface area contributed by atoms with Crippen LogP contribution in [0.15, 0.2) is 18.2 Å². The van der Waals surface area contributed by atoms with Gasteiger partial charge in [0.1, 0.15) is 17.1 Å². The highest BCUT2D eigenvalue weighted by Gasteiger charge is 2.31. The number of hydrogen-bond donors (Lipinski definition) is 1. The average Bonchev–Trinajstić information content (AvgIpc) is 2.46. The summed E-state index contributed by atoms with van der Waals surface area (Å²) in [5, 5.41) is 0. The van der Waals surface area contributed by atoms with Crippen molar-refractivity contribution in [1.29, 1.82) is 0 Å². The van der Waals surface area contributed by atoms with Crippen molar-refractivity contribution < 1.29 is 13.9 Å². The molecule has 20 heavy (non-hydrogen) atoms. The molecule has 2 N–H and O–H groups in total. The maximum absolute atomic E-state index is 13.9. The van der Waals surface area contributed by atoms with Crippen LogP contribution < -0.4 is 10.5 Å². The normalized spacial score (nSPS) is 22.7. The van der Waals surface area contributed by atoms with Gasteiger partial charge in [-0.15, -0.1) is 0 Å². The summed E-state index contributed by atoms with van der Waals surface area (Å²) < 4.78 is 19.0. The zero-order valence-corrected chi connectivity index (χ0v) is 11.9. The fraction of sp³-hybridized carbons (Fsp3) is 0.533. The van der Waals surface area contributed by atoms with Gasteiger partial charge in [0.15, 0.2) is 0 Å². The first-order valence-electron chi connectivity index (χ1n) is 6.95. The summed E-state index contributed by atoms with van der Waals surface area (Å²) in [5.41, 5.74) is 6.05. The largest absolute Gasteiger partial charge is 0.496 e. The second-order valence-electron chi connectivity index (χ2n) is 5.19. The molecule has 2 atom stereocenters. The summed E-state index contributed by atoms with van der Waals surface area (Å²) in [5.74, 6) is -0.314. The third-order valence-electron chi connectivity index (χ3n) is 4.01. The molecule has 0 saturated carbocycles. The number of halogens is 1. The molecule has 1 aliphatic heterocycles. The lowest BCUT2D eigenvalue weighted by atomic mass is 9.90. The molecule has 1 fully saturated rings. The van der Waals surface area contributed by atoms with Crippen molar-refractivity contribution in [3.8, 4) is 5.75 Å². The number of piperidine rings is 1. The smallest absolute Gasteiger partial charge is 0.260 e. The van der Waals surface area contributed by atoms with Crippen LogP contribution in [0, 0.1) is 11.7 Å². The number of hydrogen-bond acceptors (Lipinski definition) is 3. The molecule has 2 rings (SSSR count). The van der Waals surface area contributed by atoms with Crippen molar-refractivity contribution in [2.75, 3.05) is 20.2 Å². The third-order valence-corrected chi connectivity index (χ3v) is 4.01. The Balaban J connectivity index is 2.24. The SMILES string of the molecule is CCC1CN(C(=O)c2c(F)cccc2OC)CCC1N. The van der Waals surface area contributed by atoms with E-state index >= 15 is 0 Å². The molecule has 1 heterocycles. The molecule has 2 unspecified atom stereocenters. The zero-order valence-electron chi connectivity index (χ0n) is 11.9. The van der Waals surface area contributed by atoms with Crippen LogP contribution in [-0.2, 0) is 0 Å². The molecule has 0 aromatic heterocycles. The van der Waals surface area contributed by atoms with Crippen molar-refractivity contribution in [3.05, 3.63) is 29.6 Å². The van der Waals surface area contributed by atoms with Crippen LogP contribution in [0.1, 0.15) is 30.1 Å². The summed E-state index contributed by atoms with van der Waals surface area (Å²) in [6, 6.07) is 4.53. The summed E-state index contributed by atoms with van der Waals surface area (Å²) in [6.45, 7) is 3.20. The van der Waals surface area contributed by atoms with Gasteiger partial charge in [-0.05, 0) is 24.5 Å². The minimum atomic E-state index is -0.544. The summed E-state index contributed by atoms with van der Waals surface area (Å²) in [4.78, 5) is 14.2. The number of carbonyl (C=O) groups is 1. The van der Waals surface area contributed by atoms with E-state index in [-0.39, 0.29) is 29.2 Å². The van der Waals surface area contributed by atoms with Crippen molar-refractivity contribution in [2.45, 2.75) is 25.8 Å². The average molecular weight is 280 g/mol. The van der Waals surface area contributed by atoms with E-state index in [9.17, 15) is 9.18 Å². The van der Waals surface area contributed by atoms with Crippen molar-refractivity contribution in [2.24, 2.45) is 11.7 Å². The quantitative estimate of drug-likeness (QED) is 0.921. The molecule has 1 aliphatic rings. The first kappa shape index (κ1) is 14.8. The molecular formula is C15H21FN2O2. The van der Waals surface area contributed by atoms with Crippen LogP contribution >= 0.6 is 0 Å². The highest BCUT2D eigenvalue weighted by molar-refractivity contribution is 5.97. The number of rotatable bonds is 3. The number of nitrogens with two attached hydrogens (primary N) is 1. The molecule has 0 bridgehead atoms. The van der Waals surface area contributed by atoms with Gasteiger partial charge in [0.05, 0.1) is 7.11 Å². The van der Waals surface area contributed by atoms with Gasteiger partial charge in [-0.3, -0.25) is 4.79 Å². The van der Waals surface area contributed by atoms with Crippen LogP contribution in [0.3, 0.4) is 0 Å². The van der Waals surface area contributed by atoms with Gasteiger partial charge in [0.25, 0.3) is 5.91 Å². The van der Waals surface area contributed by atoms with E-state index < -0.39 is 5.82 Å². The monoisotopic (exact) mass is 280 g/mol. The molecule has 110 valence electrons. The Kier molecular flexibility index (Phi) is 4.60. The van der Waals surface area contributed by atoms with Crippen molar-refractivity contribution >= 4 is 5.91 Å². The Morgan fingerprint density at radius 2 is 2.30 bits per heavy atom. The predicted molar refractivity (Wildman–Crippen MR) is 75.2 cm³/mol. The van der Waals surface area contributed by atoms with Crippen LogP contribution in [0.25, 0.3) is 0 Å². The van der Waals surface area contributed by atoms with Gasteiger partial charge in [0.2, 0.25) is 0 Å². The lowest BCUT2D eigenvalue weighted by molar-refractivity contribution is 0.0641. The first-order valence-corrected chi connectivity index (χ1v) is 6.95. The number of likely N-dealkylation sites (tertiary alicyclic amines) is 1. The van der Waals surface area contributed by atoms with Gasteiger partial charge in [0, 0.05) is 19.1 Å². The van der Waals surface area contributed by atoms with Crippen LogP contribution in [0.2, 0.25) is 0 Å². The second kappa shape index (κ2) is 6.22. The first-order chi connectivity index (χ1) is 9.58. The number of methoxy groups -OCH3 is 1. The van der Waals surface area contributed by atoms with Gasteiger partial charge < -0.3 is 15.4 Å². The highest BCUT2D eigenvalue weighted by Crippen LogP contribution is 2.26. The van der Waals surface area contributed by atoms with E-state index in [1.807, 2.05) is 0 Å². The molecule has 0 aliphatic carbocycles. The minimum Gasteiger partial charge on any atom is -0.496 e. The summed E-state index contributed by atoms with van der Waals surface area (Å²) in [6.07, 6.45) is 1.67. The summed E-state index contributed by atoms with van der Waals surface area (Å²) in [7, 11) is 1.44. The molecule has 1 saturated heterocycles. The Bertz CT molecular complexity index is 493. The van der Waals surface area contributed by atoms with E-state index in [0.717, 1.165) is 12.8 Å². The standard InChI is InChI=1S/C15H21FN2O2/c1-3-10-9-18(8-7-12(10)17)15(19)14-11(16)5-4-6-13(14)20-2/h4-6,10,12H,3,7-9,17H2,1-2H3. The molecule has 4 nitrogen and oxygen atoms in total. The number of amides is 1. The molecule has 0 spiro atoms. The van der Waals surface area contributed by atoms with Gasteiger partial charge in [-0.25, -0.2) is 4.39 Å². The lowest BCUT2D eigenvalue weighted by Crippen LogP contribution is -2.49. The van der Waals surface area contributed by atoms with Gasteiger partial charge >= 0.3 is 0 Å². The molecule has 5 heteroatoms. The third kappa shape index (κ3) is 2.77. The predicted octanol–water partition coefficient (Wildman–Crippen LogP) is 2.03. The molecule has 1 aromatic rings. The Labute approximate surface area is 118 Å². The van der Waals surface area contributed by atoms with Crippen LogP contribution in [0.4, 0.5) is 4.39 Å². The number of benzene rings is 1. The maximum atomic E-state index is 13.9. The fourth-order valence-corrected chi connectivity index (χ4v) is 2.71. The van der Waals surface area contributed by atoms with Gasteiger partial charge in [-0.2, -0.15) is 0 Å². The maximum Gasteiger partial charge on any atom is 0.260 e. The number of nitrogens with zero attached hydrogens (tertiary/aromatic N) is 1. The summed E-state index contributed by atoms with van der Waals surface area (Å²) >= 11 is 0. The highest BCUT2D eigenvalue weighted by atomic mass is 19.1. The minimum absolute atomic E-state index is 0.0142. The zero-order chi connectivity index (χ0) is 14.7. The Morgan fingerprint density at radius 1 is 1.55 bits per heavy atom. The van der Waals surface area contributed by atoms with Crippen molar-refractivity contribution in [1.82, 2.24) is 4.90 Å². The molecular weight excluding hydrogens is 259 g/mol. The van der Waals surface area contributed by atoms with E-state index in [1.54, 1.807) is 11.0 Å². The van der Waals surface area contributed by atoms with Crippen LogP contribution in [-0.4, -0.2) is 37.0 Å². The topological polar surface area (TPSA) is 55.6 Å². The number of ether oxygens (including phenoxy) is 1. The van der Waals surface area contributed by atoms with Gasteiger partial charge in [-0.1, -0.05) is 19.4 Å². The van der Waals surface area contributed by atoms with Crippen LogP contribution in [0.5, 0.6) is 5.75 Å². The Morgan fingerprint density at radius 3 is 2.95 bits per heavy atom. The molecule has 1 amide bonds. The second-order valence-corrected chi connectivity index (χ2v) is 5.19. The van der Waals surface area contributed by atoms with E-state index in [2.05, 4.69) is 6.92 Å². The van der Waals surface area contributed by atoms with Crippen molar-refractivity contribution in [3.63, 3.8) is 0 Å². The van der Waals surface area contributed by atoms with E-state index in [1.165, 1.54) is 19.2 Å². The molecule has 0 radical (unpaired) electrons.